The highest BCUT2D eigenvalue weighted by Gasteiger charge is 2.15. The number of urea groups is 1. The van der Waals surface area contributed by atoms with Crippen molar-refractivity contribution in [3.05, 3.63) is 57.1 Å². The number of nitrogens with zero attached hydrogens (tertiary/aromatic N) is 2. The van der Waals surface area contributed by atoms with E-state index in [0.29, 0.717) is 25.6 Å². The van der Waals surface area contributed by atoms with Gasteiger partial charge < -0.3 is 14.8 Å². The van der Waals surface area contributed by atoms with Crippen LogP contribution in [0.3, 0.4) is 0 Å². The van der Waals surface area contributed by atoms with Crippen LogP contribution in [-0.4, -0.2) is 28.6 Å². The Morgan fingerprint density at radius 2 is 2.12 bits per heavy atom. The molecule has 0 aliphatic heterocycles. The lowest BCUT2D eigenvalue weighted by molar-refractivity contribution is 0.188. The van der Waals surface area contributed by atoms with Gasteiger partial charge in [0.25, 0.3) is 0 Å². The predicted octanol–water partition coefficient (Wildman–Crippen LogP) is 3.17. The highest BCUT2D eigenvalue weighted by molar-refractivity contribution is 7.09. The number of aryl methyl sites for hydroxylation is 1. The zero-order valence-corrected chi connectivity index (χ0v) is 15.1. The van der Waals surface area contributed by atoms with E-state index in [0.717, 1.165) is 13.0 Å². The molecule has 0 fully saturated rings. The summed E-state index contributed by atoms with van der Waals surface area (Å²) in [6, 6.07) is 9.12. The van der Waals surface area contributed by atoms with Gasteiger partial charge in [-0.2, -0.15) is 0 Å². The number of carbonyl (C=O) groups excluding carboxylic acids is 1. The molecule has 0 aromatic carbocycles. The van der Waals surface area contributed by atoms with Gasteiger partial charge in [-0.1, -0.05) is 26.0 Å². The van der Waals surface area contributed by atoms with Crippen LogP contribution in [0.1, 0.15) is 25.1 Å². The monoisotopic (exact) mass is 347 g/mol. The zero-order valence-electron chi connectivity index (χ0n) is 14.3. The van der Waals surface area contributed by atoms with Crippen molar-refractivity contribution < 1.29 is 4.79 Å². The van der Waals surface area contributed by atoms with Crippen LogP contribution in [0.25, 0.3) is 0 Å². The molecule has 2 heterocycles. The van der Waals surface area contributed by atoms with Crippen LogP contribution in [0.5, 0.6) is 0 Å². The Balaban J connectivity index is 1.81. The van der Waals surface area contributed by atoms with Crippen LogP contribution >= 0.6 is 11.3 Å². The number of aromatic nitrogens is 1. The smallest absolute Gasteiger partial charge is 0.317 e. The maximum absolute atomic E-state index is 12.4. The lowest BCUT2D eigenvalue weighted by atomic mass is 10.2. The molecule has 0 saturated carbocycles. The molecule has 24 heavy (non-hydrogen) atoms. The number of pyridine rings is 1. The van der Waals surface area contributed by atoms with Gasteiger partial charge in [0.05, 0.1) is 6.54 Å². The second kappa shape index (κ2) is 9.27. The van der Waals surface area contributed by atoms with E-state index in [1.807, 2.05) is 28.5 Å². The number of nitrogens with one attached hydrogen (secondary N) is 1. The first-order valence-corrected chi connectivity index (χ1v) is 9.15. The minimum atomic E-state index is -0.0440. The largest absolute Gasteiger partial charge is 0.338 e. The number of hydrogen-bond donors (Lipinski definition) is 1. The molecule has 0 atom stereocenters. The molecule has 0 unspecified atom stereocenters. The van der Waals surface area contributed by atoms with Gasteiger partial charge in [0, 0.05) is 36.8 Å². The molecular formula is C18H25N3O2S. The number of hydrogen-bond acceptors (Lipinski definition) is 3. The van der Waals surface area contributed by atoms with Crippen molar-refractivity contribution >= 4 is 17.4 Å². The van der Waals surface area contributed by atoms with Gasteiger partial charge in [-0.3, -0.25) is 4.79 Å². The van der Waals surface area contributed by atoms with Crippen molar-refractivity contribution in [2.24, 2.45) is 5.92 Å². The number of amides is 2. The molecule has 2 rings (SSSR count). The summed E-state index contributed by atoms with van der Waals surface area (Å²) in [6.45, 7) is 6.74. The summed E-state index contributed by atoms with van der Waals surface area (Å²) in [5.74, 6) is 0.415. The third-order valence-electron chi connectivity index (χ3n) is 3.55. The predicted molar refractivity (Wildman–Crippen MR) is 98.3 cm³/mol. The van der Waals surface area contributed by atoms with Crippen LogP contribution < -0.4 is 10.9 Å². The standard InChI is InChI=1S/C18H25N3O2S/c1-15(2)13-21(14-16-7-5-12-24-16)18(23)19-9-6-11-20-10-4-3-8-17(20)22/h3-5,7-8,10,12,15H,6,9,11,13-14H2,1-2H3,(H,19,23). The van der Waals surface area contributed by atoms with Gasteiger partial charge in [0.1, 0.15) is 0 Å². The van der Waals surface area contributed by atoms with Crippen LogP contribution in [0.15, 0.2) is 46.7 Å². The third kappa shape index (κ3) is 5.85. The molecule has 0 bridgehead atoms. The number of carbonyl (C=O) groups is 1. The lowest BCUT2D eigenvalue weighted by Crippen LogP contribution is -2.41. The van der Waals surface area contributed by atoms with E-state index in [4.69, 9.17) is 0 Å². The van der Waals surface area contributed by atoms with Crippen molar-refractivity contribution in [3.8, 4) is 0 Å². The van der Waals surface area contributed by atoms with Crippen molar-refractivity contribution in [2.45, 2.75) is 33.4 Å². The van der Waals surface area contributed by atoms with E-state index in [-0.39, 0.29) is 11.6 Å². The van der Waals surface area contributed by atoms with E-state index in [1.165, 1.54) is 4.88 Å². The first kappa shape index (κ1) is 18.3. The molecule has 2 aromatic heterocycles. The second-order valence-electron chi connectivity index (χ2n) is 6.17. The molecule has 0 radical (unpaired) electrons. The average Bonchev–Trinajstić information content (AvgIpc) is 3.05. The van der Waals surface area contributed by atoms with E-state index in [1.54, 1.807) is 34.2 Å². The first-order valence-electron chi connectivity index (χ1n) is 8.27. The summed E-state index contributed by atoms with van der Waals surface area (Å²) in [6.07, 6.45) is 2.50. The lowest BCUT2D eigenvalue weighted by Gasteiger charge is -2.24. The molecule has 0 aliphatic rings. The fourth-order valence-electron chi connectivity index (χ4n) is 2.45. The van der Waals surface area contributed by atoms with Gasteiger partial charge in [0.2, 0.25) is 5.56 Å². The highest BCUT2D eigenvalue weighted by atomic mass is 32.1. The van der Waals surface area contributed by atoms with Crippen molar-refractivity contribution in [3.63, 3.8) is 0 Å². The minimum Gasteiger partial charge on any atom is -0.338 e. The second-order valence-corrected chi connectivity index (χ2v) is 7.20. The average molecular weight is 347 g/mol. The van der Waals surface area contributed by atoms with Crippen LogP contribution in [0.4, 0.5) is 4.79 Å². The molecule has 6 heteroatoms. The van der Waals surface area contributed by atoms with Crippen molar-refractivity contribution in [1.82, 2.24) is 14.8 Å². The molecule has 130 valence electrons. The SMILES string of the molecule is CC(C)CN(Cc1cccs1)C(=O)NCCCn1ccccc1=O. The van der Waals surface area contributed by atoms with Crippen molar-refractivity contribution in [1.29, 1.82) is 0 Å². The van der Waals surface area contributed by atoms with E-state index >= 15 is 0 Å². The van der Waals surface area contributed by atoms with E-state index < -0.39 is 0 Å². The fraction of sp³-hybridized carbons (Fsp3) is 0.444. The molecule has 2 aromatic rings. The summed E-state index contributed by atoms with van der Waals surface area (Å²) >= 11 is 1.66. The normalized spacial score (nSPS) is 10.8. The topological polar surface area (TPSA) is 54.3 Å². The Hall–Kier alpha value is -2.08. The summed E-state index contributed by atoms with van der Waals surface area (Å²) in [5.41, 5.74) is -0.0112. The number of rotatable bonds is 8. The van der Waals surface area contributed by atoms with Gasteiger partial charge in [-0.05, 0) is 29.9 Å². The summed E-state index contributed by atoms with van der Waals surface area (Å²) in [4.78, 5) is 27.1. The minimum absolute atomic E-state index is 0.0112. The van der Waals surface area contributed by atoms with Crippen LogP contribution in [0, 0.1) is 5.92 Å². The quantitative estimate of drug-likeness (QED) is 0.746. The van der Waals surface area contributed by atoms with Gasteiger partial charge in [0.15, 0.2) is 0 Å². The van der Waals surface area contributed by atoms with E-state index in [9.17, 15) is 9.59 Å². The Kier molecular flexibility index (Phi) is 7.06. The van der Waals surface area contributed by atoms with Crippen LogP contribution in [-0.2, 0) is 13.1 Å². The maximum atomic E-state index is 12.4. The van der Waals surface area contributed by atoms with Gasteiger partial charge in [-0.25, -0.2) is 4.79 Å². The number of thiophene rings is 1. The molecule has 0 saturated heterocycles. The highest BCUT2D eigenvalue weighted by Crippen LogP contribution is 2.13. The Morgan fingerprint density at radius 1 is 1.29 bits per heavy atom. The van der Waals surface area contributed by atoms with E-state index in [2.05, 4.69) is 19.2 Å². The summed E-state index contributed by atoms with van der Waals surface area (Å²) in [5, 5.41) is 4.99. The maximum Gasteiger partial charge on any atom is 0.317 e. The van der Waals surface area contributed by atoms with Gasteiger partial charge in [-0.15, -0.1) is 11.3 Å². The molecule has 1 N–H and O–H groups in total. The molecule has 5 nitrogen and oxygen atoms in total. The summed E-state index contributed by atoms with van der Waals surface area (Å²) in [7, 11) is 0. The molecular weight excluding hydrogens is 322 g/mol. The van der Waals surface area contributed by atoms with Crippen molar-refractivity contribution in [2.75, 3.05) is 13.1 Å². The Bertz CT molecular complexity index is 680. The third-order valence-corrected chi connectivity index (χ3v) is 4.41. The summed E-state index contributed by atoms with van der Waals surface area (Å²) < 4.78 is 1.66. The zero-order chi connectivity index (χ0) is 17.4. The molecule has 0 spiro atoms. The first-order chi connectivity index (χ1) is 11.6. The van der Waals surface area contributed by atoms with Gasteiger partial charge >= 0.3 is 6.03 Å². The molecule has 2 amide bonds. The fourth-order valence-corrected chi connectivity index (χ4v) is 3.17. The Labute approximate surface area is 146 Å². The molecule has 0 aliphatic carbocycles. The van der Waals surface area contributed by atoms with Crippen LogP contribution in [0.2, 0.25) is 0 Å². The Morgan fingerprint density at radius 3 is 2.79 bits per heavy atom.